The molecule has 0 aliphatic carbocycles. The molecular weight excluding hydrogens is 311 g/mol. The fraction of sp³-hybridized carbons (Fsp3) is 0.400. The van der Waals surface area contributed by atoms with Crippen LogP contribution < -0.4 is 9.44 Å². The Morgan fingerprint density at radius 3 is 2.65 bits per heavy atom. The Morgan fingerprint density at radius 2 is 2.06 bits per heavy atom. The van der Waals surface area contributed by atoms with Gasteiger partial charge in [0.2, 0.25) is 0 Å². The molecule has 1 rings (SSSR count). The molecule has 4 nitrogen and oxygen atoms in total. The Labute approximate surface area is 109 Å². The van der Waals surface area contributed by atoms with Crippen LogP contribution in [0.1, 0.15) is 18.9 Å². The monoisotopic (exact) mass is 324 g/mol. The van der Waals surface area contributed by atoms with Gasteiger partial charge >= 0.3 is 0 Å². The van der Waals surface area contributed by atoms with Crippen molar-refractivity contribution in [1.82, 2.24) is 4.72 Å². The number of hydrogen-bond donors (Lipinski definition) is 2. The van der Waals surface area contributed by atoms with E-state index in [2.05, 4.69) is 25.4 Å². The van der Waals surface area contributed by atoms with Gasteiger partial charge in [-0.2, -0.15) is 13.1 Å². The zero-order valence-corrected chi connectivity index (χ0v) is 12.0. The van der Waals surface area contributed by atoms with Crippen LogP contribution in [0.5, 0.6) is 0 Å². The SMILES string of the molecule is CCCNS(=O)(=O)Nc1cc(F)c(Br)cc1C. The van der Waals surface area contributed by atoms with Crippen LogP contribution in [0.3, 0.4) is 0 Å². The Bertz CT molecular complexity index is 505. The largest absolute Gasteiger partial charge is 0.299 e. The van der Waals surface area contributed by atoms with Gasteiger partial charge in [-0.25, -0.2) is 4.39 Å². The van der Waals surface area contributed by atoms with E-state index < -0.39 is 16.0 Å². The van der Waals surface area contributed by atoms with E-state index in [-0.39, 0.29) is 5.69 Å². The Kier molecular flexibility index (Phi) is 4.91. The first-order valence-electron chi connectivity index (χ1n) is 5.08. The second-order valence-corrected chi connectivity index (χ2v) is 5.94. The summed E-state index contributed by atoms with van der Waals surface area (Å²) in [5, 5.41) is 0. The summed E-state index contributed by atoms with van der Waals surface area (Å²) in [6.45, 7) is 3.89. The summed E-state index contributed by atoms with van der Waals surface area (Å²) in [6.07, 6.45) is 0.689. The van der Waals surface area contributed by atoms with E-state index in [4.69, 9.17) is 0 Å². The second kappa shape index (κ2) is 5.79. The van der Waals surface area contributed by atoms with Gasteiger partial charge in [-0.3, -0.25) is 4.72 Å². The molecule has 0 heterocycles. The molecule has 96 valence electrons. The molecule has 1 aromatic rings. The molecule has 0 radical (unpaired) electrons. The molecule has 7 heteroatoms. The molecule has 0 aromatic heterocycles. The van der Waals surface area contributed by atoms with Crippen molar-refractivity contribution in [3.8, 4) is 0 Å². The quantitative estimate of drug-likeness (QED) is 0.874. The minimum Gasteiger partial charge on any atom is -0.271 e. The van der Waals surface area contributed by atoms with Gasteiger partial charge in [0.15, 0.2) is 0 Å². The van der Waals surface area contributed by atoms with Crippen molar-refractivity contribution >= 4 is 31.8 Å². The molecule has 0 aliphatic heterocycles. The van der Waals surface area contributed by atoms with Crippen molar-refractivity contribution in [3.63, 3.8) is 0 Å². The summed E-state index contributed by atoms with van der Waals surface area (Å²) < 4.78 is 41.3. The van der Waals surface area contributed by atoms with Gasteiger partial charge in [-0.15, -0.1) is 0 Å². The smallest absolute Gasteiger partial charge is 0.271 e. The number of hydrogen-bond acceptors (Lipinski definition) is 2. The third-order valence-corrected chi connectivity index (χ3v) is 3.73. The zero-order valence-electron chi connectivity index (χ0n) is 9.55. The van der Waals surface area contributed by atoms with E-state index in [0.717, 1.165) is 6.07 Å². The lowest BCUT2D eigenvalue weighted by Crippen LogP contribution is -2.30. The molecule has 1 aromatic carbocycles. The fourth-order valence-electron chi connectivity index (χ4n) is 1.17. The molecule has 0 saturated carbocycles. The highest BCUT2D eigenvalue weighted by atomic mass is 79.9. The first kappa shape index (κ1) is 14.4. The fourth-order valence-corrected chi connectivity index (χ4v) is 2.69. The number of nitrogens with one attached hydrogen (secondary N) is 2. The lowest BCUT2D eigenvalue weighted by Gasteiger charge is -2.11. The Hall–Kier alpha value is -0.660. The summed E-state index contributed by atoms with van der Waals surface area (Å²) >= 11 is 3.03. The van der Waals surface area contributed by atoms with Crippen molar-refractivity contribution in [2.75, 3.05) is 11.3 Å². The number of rotatable bonds is 5. The maximum atomic E-state index is 13.3. The van der Waals surface area contributed by atoms with Gasteiger partial charge in [-0.05, 0) is 47.0 Å². The molecule has 2 N–H and O–H groups in total. The molecule has 0 amide bonds. The third-order valence-electron chi connectivity index (χ3n) is 2.05. The topological polar surface area (TPSA) is 58.2 Å². The Balaban J connectivity index is 2.92. The first-order valence-corrected chi connectivity index (χ1v) is 7.36. The average Bonchev–Trinajstić information content (AvgIpc) is 2.23. The van der Waals surface area contributed by atoms with Crippen molar-refractivity contribution < 1.29 is 12.8 Å². The van der Waals surface area contributed by atoms with E-state index in [1.165, 1.54) is 6.07 Å². The molecule has 0 aliphatic rings. The van der Waals surface area contributed by atoms with Gasteiger partial charge in [-0.1, -0.05) is 6.92 Å². The average molecular weight is 325 g/mol. The normalized spacial score (nSPS) is 11.5. The number of benzene rings is 1. The highest BCUT2D eigenvalue weighted by Crippen LogP contribution is 2.24. The molecule has 0 atom stereocenters. The van der Waals surface area contributed by atoms with Gasteiger partial charge in [0.05, 0.1) is 10.2 Å². The van der Waals surface area contributed by atoms with Crippen molar-refractivity contribution in [2.24, 2.45) is 0 Å². The van der Waals surface area contributed by atoms with E-state index in [1.54, 1.807) is 6.92 Å². The van der Waals surface area contributed by atoms with E-state index >= 15 is 0 Å². The summed E-state index contributed by atoms with van der Waals surface area (Å²) in [6, 6.07) is 2.66. The molecule has 0 unspecified atom stereocenters. The number of halogens is 2. The zero-order chi connectivity index (χ0) is 13.1. The minimum atomic E-state index is -3.63. The number of aryl methyl sites for hydroxylation is 1. The maximum Gasteiger partial charge on any atom is 0.299 e. The first-order chi connectivity index (χ1) is 7.85. The van der Waals surface area contributed by atoms with Crippen LogP contribution in [0, 0.1) is 12.7 Å². The van der Waals surface area contributed by atoms with Crippen LogP contribution in [0.4, 0.5) is 10.1 Å². The summed E-state index contributed by atoms with van der Waals surface area (Å²) in [5.74, 6) is -0.510. The predicted molar refractivity (Wildman–Crippen MR) is 69.7 cm³/mol. The predicted octanol–water partition coefficient (Wildman–Crippen LogP) is 2.55. The summed E-state index contributed by atoms with van der Waals surface area (Å²) in [4.78, 5) is 0. The molecule has 0 saturated heterocycles. The molecule has 0 spiro atoms. The molecular formula is C10H14BrFN2O2S. The minimum absolute atomic E-state index is 0.231. The highest BCUT2D eigenvalue weighted by Gasteiger charge is 2.12. The van der Waals surface area contributed by atoms with Crippen LogP contribution in [0.25, 0.3) is 0 Å². The standard InChI is InChI=1S/C10H14BrFN2O2S/c1-3-4-13-17(15,16)14-10-6-9(12)8(11)5-7(10)2/h5-6,13-14H,3-4H2,1-2H3. The van der Waals surface area contributed by atoms with Gasteiger partial charge in [0.25, 0.3) is 10.2 Å². The van der Waals surface area contributed by atoms with Crippen molar-refractivity contribution in [1.29, 1.82) is 0 Å². The maximum absolute atomic E-state index is 13.3. The lowest BCUT2D eigenvalue weighted by molar-refractivity contribution is 0.586. The summed E-state index contributed by atoms with van der Waals surface area (Å²) in [5.41, 5.74) is 0.870. The van der Waals surface area contributed by atoms with E-state index in [1.807, 2.05) is 6.92 Å². The van der Waals surface area contributed by atoms with Crippen LogP contribution in [0.15, 0.2) is 16.6 Å². The summed E-state index contributed by atoms with van der Waals surface area (Å²) in [7, 11) is -3.63. The van der Waals surface area contributed by atoms with E-state index in [0.29, 0.717) is 23.0 Å². The van der Waals surface area contributed by atoms with Crippen LogP contribution in [-0.4, -0.2) is 15.0 Å². The van der Waals surface area contributed by atoms with Crippen molar-refractivity contribution in [3.05, 3.63) is 28.0 Å². The second-order valence-electron chi connectivity index (χ2n) is 3.58. The molecule has 17 heavy (non-hydrogen) atoms. The van der Waals surface area contributed by atoms with Crippen LogP contribution in [-0.2, 0) is 10.2 Å². The van der Waals surface area contributed by atoms with Crippen LogP contribution in [0.2, 0.25) is 0 Å². The highest BCUT2D eigenvalue weighted by molar-refractivity contribution is 9.10. The van der Waals surface area contributed by atoms with Crippen LogP contribution >= 0.6 is 15.9 Å². The lowest BCUT2D eigenvalue weighted by atomic mass is 10.2. The third kappa shape index (κ3) is 4.25. The Morgan fingerprint density at radius 1 is 1.41 bits per heavy atom. The van der Waals surface area contributed by atoms with Gasteiger partial charge in [0, 0.05) is 6.54 Å². The number of anilines is 1. The van der Waals surface area contributed by atoms with E-state index in [9.17, 15) is 12.8 Å². The van der Waals surface area contributed by atoms with Gasteiger partial charge in [0.1, 0.15) is 5.82 Å². The van der Waals surface area contributed by atoms with Gasteiger partial charge < -0.3 is 0 Å². The van der Waals surface area contributed by atoms with Crippen molar-refractivity contribution in [2.45, 2.75) is 20.3 Å². The molecule has 0 bridgehead atoms. The molecule has 0 fully saturated rings.